The molecule has 1 fully saturated rings. The zero-order valence-corrected chi connectivity index (χ0v) is 18.2. The van der Waals surface area contributed by atoms with E-state index in [4.69, 9.17) is 27.1 Å². The predicted molar refractivity (Wildman–Crippen MR) is 121 cm³/mol. The quantitative estimate of drug-likeness (QED) is 0.482. The lowest BCUT2D eigenvalue weighted by Gasteiger charge is -2.42. The molecule has 3 atom stereocenters. The van der Waals surface area contributed by atoms with Gasteiger partial charge < -0.3 is 14.2 Å². The van der Waals surface area contributed by atoms with Crippen LogP contribution in [-0.4, -0.2) is 32.1 Å². The third-order valence-electron chi connectivity index (χ3n) is 5.88. The summed E-state index contributed by atoms with van der Waals surface area (Å²) in [6.45, 7) is 0.239. The van der Waals surface area contributed by atoms with Crippen molar-refractivity contribution in [3.63, 3.8) is 0 Å². The van der Waals surface area contributed by atoms with Crippen molar-refractivity contribution in [2.45, 2.75) is 24.7 Å². The van der Waals surface area contributed by atoms with Crippen LogP contribution in [0.1, 0.15) is 35.8 Å². The van der Waals surface area contributed by atoms with E-state index in [9.17, 15) is 14.9 Å². The van der Waals surface area contributed by atoms with Gasteiger partial charge >= 0.3 is 5.97 Å². The smallest absolute Gasteiger partial charge is 0.327 e. The number of hydrogen-bond donors (Lipinski definition) is 0. The molecule has 2 aromatic rings. The minimum atomic E-state index is -1.59. The number of carbonyl (C=O) groups excluding carboxylic acids is 2. The molecular weight excluding hydrogens is 418 g/mol. The molecule has 6 heteroatoms. The Hall–Kier alpha value is -4.21. The van der Waals surface area contributed by atoms with Gasteiger partial charge in [0.25, 0.3) is 0 Å². The van der Waals surface area contributed by atoms with Crippen molar-refractivity contribution in [1.82, 2.24) is 0 Å². The molecule has 6 nitrogen and oxygen atoms in total. The summed E-state index contributed by atoms with van der Waals surface area (Å²) in [5, 5.41) is 10.4. The highest BCUT2D eigenvalue weighted by atomic mass is 16.5. The second kappa shape index (κ2) is 10.4. The predicted octanol–water partition coefficient (Wildman–Crippen LogP) is 3.62. The van der Waals surface area contributed by atoms with Crippen molar-refractivity contribution in [3.8, 4) is 42.3 Å². The number of nitrogens with zero attached hydrogens (tertiary/aromatic N) is 1. The molecule has 1 saturated carbocycles. The number of terminal acetylenes is 2. The SMILES string of the molecule is C#CCOc1ccc([C@H]2CC(=O)C[C@@H](c3ccc(OCC#C)cc3)C2(C#N)C(=O)OC)cc1. The monoisotopic (exact) mass is 441 g/mol. The van der Waals surface area contributed by atoms with Gasteiger partial charge in [0, 0.05) is 24.7 Å². The van der Waals surface area contributed by atoms with E-state index in [1.807, 2.05) is 0 Å². The van der Waals surface area contributed by atoms with Crippen LogP contribution in [0, 0.1) is 41.4 Å². The summed E-state index contributed by atoms with van der Waals surface area (Å²) in [6.07, 6.45) is 10.6. The summed E-state index contributed by atoms with van der Waals surface area (Å²) in [6, 6.07) is 16.1. The molecule has 33 heavy (non-hydrogen) atoms. The van der Waals surface area contributed by atoms with Gasteiger partial charge in [-0.2, -0.15) is 5.26 Å². The van der Waals surface area contributed by atoms with Crippen LogP contribution in [-0.2, 0) is 14.3 Å². The molecule has 166 valence electrons. The summed E-state index contributed by atoms with van der Waals surface area (Å²) in [5.74, 6) is 3.79. The fraction of sp³-hybridized carbons (Fsp3) is 0.296. The van der Waals surface area contributed by atoms with Crippen molar-refractivity contribution in [2.24, 2.45) is 5.41 Å². The Morgan fingerprint density at radius 1 is 0.939 bits per heavy atom. The molecule has 0 heterocycles. The van der Waals surface area contributed by atoms with Gasteiger partial charge in [-0.3, -0.25) is 9.59 Å². The molecule has 0 saturated heterocycles. The van der Waals surface area contributed by atoms with Crippen LogP contribution in [0.3, 0.4) is 0 Å². The molecule has 0 aliphatic heterocycles. The number of hydrogen-bond acceptors (Lipinski definition) is 6. The zero-order chi connectivity index (χ0) is 23.8. The molecule has 0 radical (unpaired) electrons. The van der Waals surface area contributed by atoms with Gasteiger partial charge in [0.1, 0.15) is 30.5 Å². The van der Waals surface area contributed by atoms with E-state index >= 15 is 0 Å². The number of benzene rings is 2. The number of rotatable bonds is 7. The van der Waals surface area contributed by atoms with Gasteiger partial charge in [-0.05, 0) is 35.4 Å². The van der Waals surface area contributed by atoms with Crippen molar-refractivity contribution in [3.05, 3.63) is 59.7 Å². The Morgan fingerprint density at radius 3 is 1.70 bits per heavy atom. The summed E-state index contributed by atoms with van der Waals surface area (Å²) >= 11 is 0. The second-order valence-electron chi connectivity index (χ2n) is 7.65. The number of Topliss-reactive ketones (excluding diaryl/α,β-unsaturated/α-hetero) is 1. The maximum atomic E-state index is 13.2. The van der Waals surface area contributed by atoms with Crippen molar-refractivity contribution >= 4 is 11.8 Å². The lowest BCUT2D eigenvalue weighted by Crippen LogP contribution is -2.47. The largest absolute Gasteiger partial charge is 0.481 e. The Balaban J connectivity index is 2.05. The van der Waals surface area contributed by atoms with Gasteiger partial charge in [0.2, 0.25) is 0 Å². The molecule has 0 bridgehead atoms. The molecule has 1 aliphatic carbocycles. The van der Waals surface area contributed by atoms with Gasteiger partial charge in [-0.25, -0.2) is 0 Å². The first-order chi connectivity index (χ1) is 16.0. The van der Waals surface area contributed by atoms with E-state index in [1.54, 1.807) is 48.5 Å². The number of nitriles is 1. The topological polar surface area (TPSA) is 85.6 Å². The van der Waals surface area contributed by atoms with E-state index in [0.29, 0.717) is 22.6 Å². The number of esters is 1. The minimum absolute atomic E-state index is 0.0416. The molecular formula is C27H23NO5. The van der Waals surface area contributed by atoms with E-state index in [0.717, 1.165) is 0 Å². The van der Waals surface area contributed by atoms with Crippen molar-refractivity contribution in [1.29, 1.82) is 5.26 Å². The van der Waals surface area contributed by atoms with Crippen LogP contribution in [0.5, 0.6) is 11.5 Å². The van der Waals surface area contributed by atoms with E-state index in [1.165, 1.54) is 7.11 Å². The first-order valence-corrected chi connectivity index (χ1v) is 10.3. The molecule has 1 unspecified atom stereocenters. The van der Waals surface area contributed by atoms with Crippen LogP contribution in [0.4, 0.5) is 0 Å². The fourth-order valence-electron chi connectivity index (χ4n) is 4.36. The molecule has 0 amide bonds. The first kappa shape index (κ1) is 23.5. The van der Waals surface area contributed by atoms with Crippen molar-refractivity contribution in [2.75, 3.05) is 20.3 Å². The van der Waals surface area contributed by atoms with E-state index in [2.05, 4.69) is 17.9 Å². The lowest BCUT2D eigenvalue weighted by atomic mass is 9.56. The van der Waals surface area contributed by atoms with E-state index in [-0.39, 0.29) is 31.8 Å². The van der Waals surface area contributed by atoms with Crippen LogP contribution < -0.4 is 9.47 Å². The van der Waals surface area contributed by atoms with Gasteiger partial charge in [-0.1, -0.05) is 36.1 Å². The average Bonchev–Trinajstić information content (AvgIpc) is 2.86. The summed E-state index contributed by atoms with van der Waals surface area (Å²) in [7, 11) is 1.25. The van der Waals surface area contributed by atoms with E-state index < -0.39 is 23.2 Å². The standard InChI is InChI=1S/C27H23NO5/c1-4-14-32-22-10-6-19(7-11-22)24-16-21(29)17-25(27(24,18-28)26(30)31-3)20-8-12-23(13-9-20)33-15-5-2/h1-2,6-13,24-25H,14-17H2,3H3/t24-,25+,27?. The minimum Gasteiger partial charge on any atom is -0.481 e. The van der Waals surface area contributed by atoms with Crippen LogP contribution in [0.25, 0.3) is 0 Å². The van der Waals surface area contributed by atoms with Crippen LogP contribution >= 0.6 is 0 Å². The molecule has 0 N–H and O–H groups in total. The van der Waals surface area contributed by atoms with Gasteiger partial charge in [0.15, 0.2) is 5.41 Å². The Morgan fingerprint density at radius 2 is 1.36 bits per heavy atom. The maximum Gasteiger partial charge on any atom is 0.327 e. The highest BCUT2D eigenvalue weighted by Gasteiger charge is 2.58. The van der Waals surface area contributed by atoms with Crippen LogP contribution in [0.15, 0.2) is 48.5 Å². The van der Waals surface area contributed by atoms with Gasteiger partial charge in [-0.15, -0.1) is 12.8 Å². The number of methoxy groups -OCH3 is 1. The molecule has 2 aromatic carbocycles. The number of ether oxygens (including phenoxy) is 3. The second-order valence-corrected chi connectivity index (χ2v) is 7.65. The maximum absolute atomic E-state index is 13.2. The molecule has 0 spiro atoms. The fourth-order valence-corrected chi connectivity index (χ4v) is 4.36. The molecule has 3 rings (SSSR count). The highest BCUT2D eigenvalue weighted by Crippen LogP contribution is 2.54. The lowest BCUT2D eigenvalue weighted by molar-refractivity contribution is -0.154. The molecule has 0 aromatic heterocycles. The number of carbonyl (C=O) groups is 2. The summed E-state index contributed by atoms with van der Waals surface area (Å²) in [5.41, 5.74) is -0.255. The third-order valence-corrected chi connectivity index (χ3v) is 5.88. The first-order valence-electron chi connectivity index (χ1n) is 10.3. The Kier molecular flexibility index (Phi) is 7.39. The van der Waals surface area contributed by atoms with Crippen LogP contribution in [0.2, 0.25) is 0 Å². The average molecular weight is 441 g/mol. The van der Waals surface area contributed by atoms with Crippen molar-refractivity contribution < 1.29 is 23.8 Å². The number of ketones is 1. The normalized spacial score (nSPS) is 21.7. The highest BCUT2D eigenvalue weighted by molar-refractivity contribution is 5.90. The summed E-state index contributed by atoms with van der Waals surface area (Å²) in [4.78, 5) is 26.0. The third kappa shape index (κ3) is 4.69. The Bertz CT molecular complexity index is 1060. The van der Waals surface area contributed by atoms with Gasteiger partial charge in [0.05, 0.1) is 13.2 Å². The molecule has 1 aliphatic rings. The summed E-state index contributed by atoms with van der Waals surface area (Å²) < 4.78 is 15.9. The zero-order valence-electron chi connectivity index (χ0n) is 18.2. The Labute approximate surface area is 193 Å².